The van der Waals surface area contributed by atoms with Gasteiger partial charge in [-0.2, -0.15) is 0 Å². The van der Waals surface area contributed by atoms with Crippen molar-refractivity contribution in [3.63, 3.8) is 0 Å². The number of amides is 1. The standard InChI is InChI=1S/C20H24ClN3O2/c1-15-16(21)6-5-7-17(15)22-14-20(25)24-12-10-23(11-13-24)18-8-3-4-9-19(18)26-2/h3-9,22H,10-14H2,1-2H3. The average Bonchev–Trinajstić information content (AvgIpc) is 2.69. The summed E-state index contributed by atoms with van der Waals surface area (Å²) in [6.07, 6.45) is 0. The number of nitrogens with zero attached hydrogens (tertiary/aromatic N) is 2. The number of rotatable bonds is 5. The quantitative estimate of drug-likeness (QED) is 0.872. The van der Waals surface area contributed by atoms with Crippen LogP contribution in [0, 0.1) is 6.92 Å². The molecule has 0 saturated carbocycles. The van der Waals surface area contributed by atoms with Crippen LogP contribution in [0.1, 0.15) is 5.56 Å². The second kappa shape index (κ2) is 8.32. The number of hydrogen-bond donors (Lipinski definition) is 1. The molecule has 0 spiro atoms. The fraction of sp³-hybridized carbons (Fsp3) is 0.350. The van der Waals surface area contributed by atoms with Gasteiger partial charge in [-0.1, -0.05) is 29.8 Å². The molecule has 26 heavy (non-hydrogen) atoms. The molecule has 1 amide bonds. The van der Waals surface area contributed by atoms with Crippen molar-refractivity contribution in [2.45, 2.75) is 6.92 Å². The molecule has 0 unspecified atom stereocenters. The number of benzene rings is 2. The molecule has 1 saturated heterocycles. The Hall–Kier alpha value is -2.40. The van der Waals surface area contributed by atoms with Crippen molar-refractivity contribution in [3.05, 3.63) is 53.1 Å². The number of ether oxygens (including phenoxy) is 1. The van der Waals surface area contributed by atoms with Gasteiger partial charge in [0, 0.05) is 36.9 Å². The number of piperazine rings is 1. The first-order valence-electron chi connectivity index (χ1n) is 8.75. The molecule has 2 aromatic carbocycles. The number of carbonyl (C=O) groups excluding carboxylic acids is 1. The highest BCUT2D eigenvalue weighted by Crippen LogP contribution is 2.28. The summed E-state index contributed by atoms with van der Waals surface area (Å²) in [5.74, 6) is 0.967. The van der Waals surface area contributed by atoms with E-state index in [0.29, 0.717) is 18.1 Å². The minimum atomic E-state index is 0.101. The Bertz CT molecular complexity index is 773. The van der Waals surface area contributed by atoms with Gasteiger partial charge in [0.15, 0.2) is 0 Å². The van der Waals surface area contributed by atoms with Gasteiger partial charge in [0.2, 0.25) is 5.91 Å². The molecule has 1 N–H and O–H groups in total. The molecule has 0 radical (unpaired) electrons. The lowest BCUT2D eigenvalue weighted by Gasteiger charge is -2.36. The minimum Gasteiger partial charge on any atom is -0.495 e. The van der Waals surface area contributed by atoms with Crippen molar-refractivity contribution >= 4 is 28.9 Å². The van der Waals surface area contributed by atoms with Gasteiger partial charge in [0.05, 0.1) is 19.3 Å². The molecule has 6 heteroatoms. The lowest BCUT2D eigenvalue weighted by molar-refractivity contribution is -0.129. The third-order valence-corrected chi connectivity index (χ3v) is 5.17. The highest BCUT2D eigenvalue weighted by Gasteiger charge is 2.22. The molecule has 0 aromatic heterocycles. The van der Waals surface area contributed by atoms with E-state index in [1.165, 1.54) is 0 Å². The molecule has 5 nitrogen and oxygen atoms in total. The Kier molecular flexibility index (Phi) is 5.89. The van der Waals surface area contributed by atoms with Crippen molar-refractivity contribution in [2.75, 3.05) is 50.1 Å². The monoisotopic (exact) mass is 373 g/mol. The zero-order valence-corrected chi connectivity index (χ0v) is 15.9. The fourth-order valence-electron chi connectivity index (χ4n) is 3.17. The van der Waals surface area contributed by atoms with Crippen LogP contribution < -0.4 is 15.0 Å². The van der Waals surface area contributed by atoms with E-state index in [2.05, 4.69) is 16.3 Å². The van der Waals surface area contributed by atoms with Gasteiger partial charge < -0.3 is 19.9 Å². The Balaban J connectivity index is 1.54. The van der Waals surface area contributed by atoms with E-state index in [-0.39, 0.29) is 12.5 Å². The van der Waals surface area contributed by atoms with Crippen LogP contribution in [0.5, 0.6) is 5.75 Å². The van der Waals surface area contributed by atoms with Gasteiger partial charge in [-0.3, -0.25) is 4.79 Å². The summed E-state index contributed by atoms with van der Waals surface area (Å²) < 4.78 is 5.44. The van der Waals surface area contributed by atoms with Crippen molar-refractivity contribution in [1.29, 1.82) is 0 Å². The van der Waals surface area contributed by atoms with Crippen molar-refractivity contribution in [2.24, 2.45) is 0 Å². The maximum Gasteiger partial charge on any atom is 0.241 e. The van der Waals surface area contributed by atoms with Gasteiger partial charge in [0.25, 0.3) is 0 Å². The zero-order chi connectivity index (χ0) is 18.5. The number of halogens is 1. The number of anilines is 2. The minimum absolute atomic E-state index is 0.101. The summed E-state index contributed by atoms with van der Waals surface area (Å²) in [4.78, 5) is 16.7. The smallest absolute Gasteiger partial charge is 0.241 e. The second-order valence-corrected chi connectivity index (χ2v) is 6.71. The Morgan fingerprint density at radius 2 is 1.85 bits per heavy atom. The van der Waals surface area contributed by atoms with Crippen LogP contribution in [0.2, 0.25) is 5.02 Å². The van der Waals surface area contributed by atoms with Crippen molar-refractivity contribution in [3.8, 4) is 5.75 Å². The van der Waals surface area contributed by atoms with Crippen LogP contribution in [0.25, 0.3) is 0 Å². The van der Waals surface area contributed by atoms with E-state index in [1.807, 2.05) is 48.2 Å². The van der Waals surface area contributed by atoms with Crippen LogP contribution in [0.3, 0.4) is 0 Å². The van der Waals surface area contributed by atoms with Crippen LogP contribution in [-0.4, -0.2) is 50.6 Å². The maximum atomic E-state index is 12.5. The lowest BCUT2D eigenvalue weighted by atomic mass is 10.2. The van der Waals surface area contributed by atoms with E-state index in [1.54, 1.807) is 7.11 Å². The topological polar surface area (TPSA) is 44.8 Å². The normalized spacial score (nSPS) is 14.3. The summed E-state index contributed by atoms with van der Waals surface area (Å²) in [6.45, 7) is 5.21. The Labute approximate surface area is 159 Å². The molecule has 1 heterocycles. The summed E-state index contributed by atoms with van der Waals surface area (Å²) in [6, 6.07) is 13.7. The highest BCUT2D eigenvalue weighted by molar-refractivity contribution is 6.31. The van der Waals surface area contributed by atoms with Gasteiger partial charge >= 0.3 is 0 Å². The summed E-state index contributed by atoms with van der Waals surface area (Å²) >= 11 is 6.13. The number of para-hydroxylation sites is 2. The SMILES string of the molecule is COc1ccccc1N1CCN(C(=O)CNc2cccc(Cl)c2C)CC1. The van der Waals surface area contributed by atoms with Crippen LogP contribution in [0.15, 0.2) is 42.5 Å². The zero-order valence-electron chi connectivity index (χ0n) is 15.2. The third kappa shape index (κ3) is 4.05. The Morgan fingerprint density at radius 3 is 2.58 bits per heavy atom. The molecular formula is C20H24ClN3O2. The van der Waals surface area contributed by atoms with Gasteiger partial charge in [0.1, 0.15) is 5.75 Å². The number of methoxy groups -OCH3 is 1. The first kappa shape index (κ1) is 18.4. The van der Waals surface area contributed by atoms with Gasteiger partial charge in [-0.05, 0) is 36.8 Å². The molecular weight excluding hydrogens is 350 g/mol. The van der Waals surface area contributed by atoms with E-state index >= 15 is 0 Å². The molecule has 1 fully saturated rings. The fourth-order valence-corrected chi connectivity index (χ4v) is 3.34. The predicted molar refractivity (Wildman–Crippen MR) is 106 cm³/mol. The highest BCUT2D eigenvalue weighted by atomic mass is 35.5. The number of hydrogen-bond acceptors (Lipinski definition) is 4. The Morgan fingerprint density at radius 1 is 1.12 bits per heavy atom. The van der Waals surface area contributed by atoms with Crippen LogP contribution in [0.4, 0.5) is 11.4 Å². The van der Waals surface area contributed by atoms with Crippen molar-refractivity contribution in [1.82, 2.24) is 4.90 Å². The average molecular weight is 374 g/mol. The summed E-state index contributed by atoms with van der Waals surface area (Å²) in [5, 5.41) is 3.90. The molecule has 138 valence electrons. The first-order valence-corrected chi connectivity index (χ1v) is 9.12. The van der Waals surface area contributed by atoms with Gasteiger partial charge in [-0.25, -0.2) is 0 Å². The van der Waals surface area contributed by atoms with Crippen LogP contribution >= 0.6 is 11.6 Å². The lowest BCUT2D eigenvalue weighted by Crippen LogP contribution is -2.50. The summed E-state index contributed by atoms with van der Waals surface area (Å²) in [7, 11) is 1.68. The van der Waals surface area contributed by atoms with Gasteiger partial charge in [-0.15, -0.1) is 0 Å². The molecule has 0 atom stereocenters. The molecule has 0 aliphatic carbocycles. The molecule has 1 aliphatic heterocycles. The molecule has 2 aromatic rings. The third-order valence-electron chi connectivity index (χ3n) is 4.76. The maximum absolute atomic E-state index is 12.5. The largest absolute Gasteiger partial charge is 0.495 e. The van der Waals surface area contributed by atoms with E-state index in [0.717, 1.165) is 35.8 Å². The second-order valence-electron chi connectivity index (χ2n) is 6.31. The van der Waals surface area contributed by atoms with E-state index < -0.39 is 0 Å². The molecule has 1 aliphatic rings. The number of nitrogens with one attached hydrogen (secondary N) is 1. The number of carbonyl (C=O) groups is 1. The molecule has 0 bridgehead atoms. The summed E-state index contributed by atoms with van der Waals surface area (Å²) in [5.41, 5.74) is 2.94. The van der Waals surface area contributed by atoms with Crippen LogP contribution in [-0.2, 0) is 4.79 Å². The van der Waals surface area contributed by atoms with Crippen molar-refractivity contribution < 1.29 is 9.53 Å². The van der Waals surface area contributed by atoms with E-state index in [4.69, 9.17) is 16.3 Å². The molecule has 3 rings (SSSR count). The van der Waals surface area contributed by atoms with E-state index in [9.17, 15) is 4.79 Å². The first-order chi connectivity index (χ1) is 12.6. The predicted octanol–water partition coefficient (Wildman–Crippen LogP) is 3.42.